The largest absolute Gasteiger partial charge is 0.480 e. The topological polar surface area (TPSA) is 108 Å². The highest BCUT2D eigenvalue weighted by Crippen LogP contribution is 2.39. The quantitative estimate of drug-likeness (QED) is 0.456. The monoisotopic (exact) mass is 591 g/mol. The lowest BCUT2D eigenvalue weighted by molar-refractivity contribution is -0.141. The van der Waals surface area contributed by atoms with Gasteiger partial charge in [-0.3, -0.25) is 9.59 Å². The summed E-state index contributed by atoms with van der Waals surface area (Å²) in [7, 11) is 1.04. The first-order chi connectivity index (χ1) is 18.6. The fraction of sp³-hybridized carbons (Fsp3) is 0.600. The number of alkyl halides is 3. The molecule has 1 saturated carbocycles. The van der Waals surface area contributed by atoms with Gasteiger partial charge in [-0.05, 0) is 39.7 Å². The van der Waals surface area contributed by atoms with Gasteiger partial charge in [0.05, 0.1) is 17.9 Å². The summed E-state index contributed by atoms with van der Waals surface area (Å²) in [5.41, 5.74) is 0.826. The normalized spacial score (nSPS) is 16.4. The Kier molecular flexibility index (Phi) is 9.80. The molecule has 1 aliphatic heterocycles. The number of aromatic nitrogens is 2. The van der Waals surface area contributed by atoms with Crippen molar-refractivity contribution >= 4 is 47.0 Å². The zero-order chi connectivity index (χ0) is 29.8. The van der Waals surface area contributed by atoms with E-state index in [0.29, 0.717) is 16.1 Å². The number of carboxylic acids is 1. The predicted octanol–water partition coefficient (Wildman–Crippen LogP) is 5.47. The highest BCUT2D eigenvalue weighted by Gasteiger charge is 2.36. The van der Waals surface area contributed by atoms with Crippen molar-refractivity contribution in [2.75, 3.05) is 31.7 Å². The van der Waals surface area contributed by atoms with Crippen molar-refractivity contribution in [1.29, 1.82) is 0 Å². The molecule has 1 fully saturated rings. The Hall–Kier alpha value is -3.23. The number of fused-ring (bicyclic) bond motifs is 3. The Labute approximate surface area is 233 Å². The molecule has 2 aliphatic rings. The number of carboxylic acid groups (broad SMARTS) is 1. The molecule has 1 aliphatic carbocycles. The minimum absolute atomic E-state index is 0.0648. The number of amides is 2. The molecule has 10 nitrogen and oxygen atoms in total. The van der Waals surface area contributed by atoms with Gasteiger partial charge in [0.25, 0.3) is 5.91 Å². The van der Waals surface area contributed by atoms with Crippen molar-refractivity contribution < 1.29 is 41.3 Å². The molecule has 0 unspecified atom stereocenters. The van der Waals surface area contributed by atoms with Crippen molar-refractivity contribution in [3.05, 3.63) is 24.0 Å². The van der Waals surface area contributed by atoms with Gasteiger partial charge < -0.3 is 24.5 Å². The van der Waals surface area contributed by atoms with Crippen LogP contribution in [-0.2, 0) is 9.53 Å². The van der Waals surface area contributed by atoms with Crippen molar-refractivity contribution in [3.8, 4) is 0 Å². The first-order valence-electron chi connectivity index (χ1n) is 12.7. The number of carbonyl (C=O) groups excluding carboxylic acids is 2. The third-order valence-electron chi connectivity index (χ3n) is 6.32. The van der Waals surface area contributed by atoms with E-state index in [0.717, 1.165) is 43.8 Å². The maximum absolute atomic E-state index is 13.1. The van der Waals surface area contributed by atoms with E-state index < -0.39 is 30.4 Å². The Balaban J connectivity index is 0.000000270. The van der Waals surface area contributed by atoms with Gasteiger partial charge in [-0.1, -0.05) is 19.3 Å². The number of nitrogens with zero attached hydrogens (tertiary/aromatic N) is 5. The first kappa shape index (κ1) is 31.3. The zero-order valence-electron chi connectivity index (χ0n) is 22.7. The lowest BCUT2D eigenvalue weighted by Gasteiger charge is -2.43. The summed E-state index contributed by atoms with van der Waals surface area (Å²) < 4.78 is 54.7. The van der Waals surface area contributed by atoms with Gasteiger partial charge in [0.1, 0.15) is 18.7 Å². The van der Waals surface area contributed by atoms with E-state index in [9.17, 15) is 31.4 Å². The van der Waals surface area contributed by atoms with E-state index in [4.69, 9.17) is 9.84 Å². The molecule has 2 aromatic rings. The molecule has 222 valence electrons. The van der Waals surface area contributed by atoms with Crippen LogP contribution in [0, 0.1) is 0 Å². The van der Waals surface area contributed by atoms with Gasteiger partial charge >= 0.3 is 18.2 Å². The van der Waals surface area contributed by atoms with Gasteiger partial charge in [0.15, 0.2) is 18.0 Å². The molecule has 3 heterocycles. The molecule has 4 rings (SSSR count). The molecule has 15 heteroatoms. The smallest absolute Gasteiger partial charge is 0.410 e. The molecule has 2 amide bonds. The summed E-state index contributed by atoms with van der Waals surface area (Å²) in [6.45, 7) is 3.35. The standard InChI is InChI=1S/C17H19FN4O3S.C8H14F3NO2/c18-26-22-7-6-12-15-13(8-19-16(12)22)17(25)20(9-14(23)24)10-21(15)11-4-2-1-3-5-11;1-7(2,3)14-6(13)12(4)5-8(9,10)11/h6-8,11H,1-5,9-10H2,(H,23,24);5H2,1-4H3. The third-order valence-corrected chi connectivity index (χ3v) is 6.76. The van der Waals surface area contributed by atoms with E-state index >= 15 is 0 Å². The molecule has 0 spiro atoms. The second kappa shape index (κ2) is 12.5. The number of anilines is 1. The highest BCUT2D eigenvalue weighted by molar-refractivity contribution is 7.92. The minimum Gasteiger partial charge on any atom is -0.480 e. The van der Waals surface area contributed by atoms with Crippen LogP contribution in [0.15, 0.2) is 18.5 Å². The molecule has 1 N–H and O–H groups in total. The zero-order valence-corrected chi connectivity index (χ0v) is 23.5. The summed E-state index contributed by atoms with van der Waals surface area (Å²) >= 11 is 0.0648. The number of hydrogen-bond donors (Lipinski definition) is 1. The minimum atomic E-state index is -4.40. The SMILES string of the molecule is CN(CC(F)(F)F)C(=O)OC(C)(C)C.O=C(O)CN1CN(C2CCCCC2)c2c(cnc3c2ccn3SF)C1=O. The predicted molar refractivity (Wildman–Crippen MR) is 142 cm³/mol. The number of carbonyl (C=O) groups is 3. The lowest BCUT2D eigenvalue weighted by atomic mass is 9.92. The van der Waals surface area contributed by atoms with Gasteiger partial charge in [0.2, 0.25) is 0 Å². The van der Waals surface area contributed by atoms with E-state index in [1.54, 1.807) is 33.0 Å². The average molecular weight is 592 g/mol. The van der Waals surface area contributed by atoms with Gasteiger partial charge in [-0.2, -0.15) is 13.2 Å². The molecule has 2 aromatic heterocycles. The Morgan fingerprint density at radius 2 is 1.85 bits per heavy atom. The van der Waals surface area contributed by atoms with Crippen LogP contribution in [0.3, 0.4) is 0 Å². The Bertz CT molecular complexity index is 1230. The number of aliphatic carboxylic acids is 1. The van der Waals surface area contributed by atoms with Crippen LogP contribution in [0.25, 0.3) is 11.0 Å². The molecule has 0 bridgehead atoms. The van der Waals surface area contributed by atoms with Crippen LogP contribution < -0.4 is 4.90 Å². The summed E-state index contributed by atoms with van der Waals surface area (Å²) in [4.78, 5) is 43.2. The van der Waals surface area contributed by atoms with E-state index in [1.807, 2.05) is 0 Å². The van der Waals surface area contributed by atoms with Crippen LogP contribution in [0.4, 0.5) is 27.5 Å². The van der Waals surface area contributed by atoms with Crippen molar-refractivity contribution in [1.82, 2.24) is 18.8 Å². The van der Waals surface area contributed by atoms with Crippen LogP contribution >= 0.6 is 12.3 Å². The lowest BCUT2D eigenvalue weighted by Crippen LogP contribution is -2.52. The highest BCUT2D eigenvalue weighted by atomic mass is 32.2. The summed E-state index contributed by atoms with van der Waals surface area (Å²) in [6, 6.07) is 2.00. The third kappa shape index (κ3) is 7.92. The number of ether oxygens (including phenoxy) is 1. The van der Waals surface area contributed by atoms with Gasteiger partial charge in [-0.25, -0.2) is 13.8 Å². The van der Waals surface area contributed by atoms with E-state index in [-0.39, 0.29) is 37.5 Å². The molecular weight excluding hydrogens is 558 g/mol. The average Bonchev–Trinajstić information content (AvgIpc) is 3.27. The second-order valence-electron chi connectivity index (χ2n) is 10.7. The molecule has 0 saturated heterocycles. The van der Waals surface area contributed by atoms with Crippen LogP contribution in [0.1, 0.15) is 63.2 Å². The maximum atomic E-state index is 13.1. The van der Waals surface area contributed by atoms with Gasteiger partial charge in [0, 0.05) is 30.9 Å². The fourth-order valence-corrected chi connectivity index (χ4v) is 5.03. The molecular formula is C25H33F4N5O5S. The summed E-state index contributed by atoms with van der Waals surface area (Å²) in [5, 5.41) is 9.88. The number of hydrogen-bond acceptors (Lipinski definition) is 7. The maximum Gasteiger partial charge on any atom is 0.410 e. The van der Waals surface area contributed by atoms with Crippen LogP contribution in [-0.4, -0.2) is 86.5 Å². The molecule has 0 atom stereocenters. The first-order valence-corrected chi connectivity index (χ1v) is 13.4. The Morgan fingerprint density at radius 3 is 2.40 bits per heavy atom. The van der Waals surface area contributed by atoms with Crippen LogP contribution in [0.2, 0.25) is 0 Å². The van der Waals surface area contributed by atoms with Crippen molar-refractivity contribution in [2.24, 2.45) is 0 Å². The second-order valence-corrected chi connectivity index (χ2v) is 11.3. The van der Waals surface area contributed by atoms with E-state index in [2.05, 4.69) is 9.88 Å². The van der Waals surface area contributed by atoms with Crippen molar-refractivity contribution in [3.63, 3.8) is 0 Å². The Morgan fingerprint density at radius 1 is 1.20 bits per heavy atom. The summed E-state index contributed by atoms with van der Waals surface area (Å²) in [6.07, 6.45) is 3.06. The van der Waals surface area contributed by atoms with Crippen LogP contribution in [0.5, 0.6) is 0 Å². The molecule has 40 heavy (non-hydrogen) atoms. The van der Waals surface area contributed by atoms with E-state index in [1.165, 1.54) is 21.5 Å². The molecule has 0 radical (unpaired) electrons. The van der Waals surface area contributed by atoms with Gasteiger partial charge in [-0.15, -0.1) is 3.89 Å². The summed E-state index contributed by atoms with van der Waals surface area (Å²) in [5.74, 6) is -1.39. The van der Waals surface area contributed by atoms with Crippen molar-refractivity contribution in [2.45, 2.75) is 70.7 Å². The molecule has 0 aromatic carbocycles. The fourth-order valence-electron chi connectivity index (χ4n) is 4.71. The number of pyridine rings is 1. The number of halogens is 4. The number of rotatable bonds is 5.